The van der Waals surface area contributed by atoms with E-state index in [2.05, 4.69) is 17.1 Å². The Morgan fingerprint density at radius 3 is 2.60 bits per heavy atom. The van der Waals surface area contributed by atoms with Crippen LogP contribution in [0.4, 0.5) is 0 Å². The zero-order valence-electron chi connectivity index (χ0n) is 16.8. The Morgan fingerprint density at radius 2 is 1.83 bits per heavy atom. The highest BCUT2D eigenvalue weighted by molar-refractivity contribution is 7.98. The van der Waals surface area contributed by atoms with Crippen LogP contribution in [0.15, 0.2) is 59.5 Å². The molecule has 4 rings (SSSR count). The second-order valence-electron chi connectivity index (χ2n) is 6.84. The van der Waals surface area contributed by atoms with Gasteiger partial charge in [0.15, 0.2) is 0 Å². The molecule has 0 radical (unpaired) electrons. The first-order valence-corrected chi connectivity index (χ1v) is 10.7. The van der Waals surface area contributed by atoms with Gasteiger partial charge in [0.1, 0.15) is 6.61 Å². The minimum absolute atomic E-state index is 0.116. The van der Waals surface area contributed by atoms with E-state index < -0.39 is 11.9 Å². The predicted octanol–water partition coefficient (Wildman–Crippen LogP) is 5.20. The lowest BCUT2D eigenvalue weighted by Crippen LogP contribution is -2.14. The minimum Gasteiger partial charge on any atom is -0.462 e. The lowest BCUT2D eigenvalue weighted by atomic mass is 9.93. The van der Waals surface area contributed by atoms with Crippen molar-refractivity contribution in [1.82, 2.24) is 4.98 Å². The number of ether oxygens (including phenoxy) is 2. The molecule has 2 heterocycles. The van der Waals surface area contributed by atoms with Crippen LogP contribution in [-0.4, -0.2) is 23.5 Å². The third-order valence-electron chi connectivity index (χ3n) is 4.87. The maximum absolute atomic E-state index is 12.8. The van der Waals surface area contributed by atoms with Gasteiger partial charge in [0, 0.05) is 16.2 Å². The van der Waals surface area contributed by atoms with Crippen molar-refractivity contribution in [2.24, 2.45) is 0 Å². The number of rotatable bonds is 6. The van der Waals surface area contributed by atoms with Gasteiger partial charge in [-0.3, -0.25) is 4.98 Å². The van der Waals surface area contributed by atoms with E-state index in [0.717, 1.165) is 16.2 Å². The number of carbonyl (C=O) groups excluding carboxylic acids is 2. The van der Waals surface area contributed by atoms with E-state index in [1.807, 2.05) is 42.5 Å². The number of thioether (sulfide) groups is 1. The van der Waals surface area contributed by atoms with Crippen molar-refractivity contribution in [3.8, 4) is 11.1 Å². The first kappa shape index (κ1) is 20.2. The fourth-order valence-electron chi connectivity index (χ4n) is 3.55. The van der Waals surface area contributed by atoms with Crippen LogP contribution < -0.4 is 0 Å². The first-order valence-electron chi connectivity index (χ1n) is 9.74. The molecule has 0 saturated heterocycles. The van der Waals surface area contributed by atoms with Crippen LogP contribution in [0, 0.1) is 6.92 Å². The van der Waals surface area contributed by atoms with Crippen LogP contribution >= 0.6 is 11.8 Å². The summed E-state index contributed by atoms with van der Waals surface area (Å²) in [4.78, 5) is 30.8. The Kier molecular flexibility index (Phi) is 5.86. The summed E-state index contributed by atoms with van der Waals surface area (Å²) in [6.07, 6.45) is 0. The molecule has 0 N–H and O–H groups in total. The van der Waals surface area contributed by atoms with Gasteiger partial charge in [0.05, 0.1) is 29.1 Å². The second kappa shape index (κ2) is 8.71. The number of pyridine rings is 1. The summed E-state index contributed by atoms with van der Waals surface area (Å²) in [5.74, 6) is -0.174. The lowest BCUT2D eigenvalue weighted by Gasteiger charge is -2.17. The number of carbonyl (C=O) groups is 2. The highest BCUT2D eigenvalue weighted by Crippen LogP contribution is 2.40. The molecule has 0 saturated carbocycles. The molecule has 0 fully saturated rings. The van der Waals surface area contributed by atoms with Crippen molar-refractivity contribution in [3.63, 3.8) is 0 Å². The van der Waals surface area contributed by atoms with Crippen LogP contribution in [0.3, 0.4) is 0 Å². The van der Waals surface area contributed by atoms with Gasteiger partial charge in [0.25, 0.3) is 0 Å². The molecule has 3 aromatic rings. The smallest absolute Gasteiger partial charge is 0.341 e. The maximum Gasteiger partial charge on any atom is 0.341 e. The molecule has 1 aliphatic heterocycles. The van der Waals surface area contributed by atoms with E-state index in [0.29, 0.717) is 28.1 Å². The van der Waals surface area contributed by atoms with Crippen LogP contribution in [-0.2, 0) is 21.8 Å². The van der Waals surface area contributed by atoms with Crippen molar-refractivity contribution < 1.29 is 19.1 Å². The number of aromatic nitrogens is 1. The molecule has 1 aromatic heterocycles. The predicted molar refractivity (Wildman–Crippen MR) is 115 cm³/mol. The summed E-state index contributed by atoms with van der Waals surface area (Å²) in [6.45, 7) is 3.87. The first-order chi connectivity index (χ1) is 14.6. The average molecular weight is 420 g/mol. The Labute approximate surface area is 179 Å². The summed E-state index contributed by atoms with van der Waals surface area (Å²) in [6, 6.07) is 17.9. The molecule has 152 valence electrons. The van der Waals surface area contributed by atoms with Gasteiger partial charge in [-0.25, -0.2) is 9.59 Å². The summed E-state index contributed by atoms with van der Waals surface area (Å²) in [5.41, 5.74) is 4.32. The fourth-order valence-corrected chi connectivity index (χ4v) is 4.57. The van der Waals surface area contributed by atoms with E-state index in [1.165, 1.54) is 5.56 Å². The van der Waals surface area contributed by atoms with E-state index >= 15 is 0 Å². The van der Waals surface area contributed by atoms with E-state index in [4.69, 9.17) is 9.47 Å². The summed E-state index contributed by atoms with van der Waals surface area (Å²) in [5, 5.41) is 0. The zero-order chi connectivity index (χ0) is 21.1. The average Bonchev–Trinajstić information content (AvgIpc) is 3.12. The Balaban J connectivity index is 1.86. The number of aryl methyl sites for hydroxylation is 1. The molecule has 1 aliphatic rings. The van der Waals surface area contributed by atoms with Gasteiger partial charge in [0.2, 0.25) is 0 Å². The van der Waals surface area contributed by atoms with Gasteiger partial charge >= 0.3 is 11.9 Å². The molecule has 0 bridgehead atoms. The van der Waals surface area contributed by atoms with Crippen LogP contribution in [0.25, 0.3) is 11.1 Å². The minimum atomic E-state index is -0.483. The standard InChI is InChI=1S/C24H21NO4S/c1-3-28-23(26)20-15(2)25-18-13-29-24(27)22(18)21(20)17-11-7-8-12-19(17)30-14-16-9-5-4-6-10-16/h4-12H,3,13-14H2,1-2H3. The van der Waals surface area contributed by atoms with Crippen molar-refractivity contribution >= 4 is 23.7 Å². The lowest BCUT2D eigenvalue weighted by molar-refractivity contribution is 0.0523. The number of hydrogen-bond donors (Lipinski definition) is 0. The quantitative estimate of drug-likeness (QED) is 0.404. The number of hydrogen-bond acceptors (Lipinski definition) is 6. The van der Waals surface area contributed by atoms with Crippen molar-refractivity contribution in [2.45, 2.75) is 31.1 Å². The Bertz CT molecular complexity index is 1110. The molecule has 2 aromatic carbocycles. The van der Waals surface area contributed by atoms with Gasteiger partial charge < -0.3 is 9.47 Å². The monoisotopic (exact) mass is 419 g/mol. The molecule has 30 heavy (non-hydrogen) atoms. The zero-order valence-corrected chi connectivity index (χ0v) is 17.6. The van der Waals surface area contributed by atoms with E-state index in [9.17, 15) is 9.59 Å². The molecule has 6 heteroatoms. The molecule has 0 unspecified atom stereocenters. The van der Waals surface area contributed by atoms with Crippen molar-refractivity contribution in [2.75, 3.05) is 6.61 Å². The third kappa shape index (κ3) is 3.83. The summed E-state index contributed by atoms with van der Waals surface area (Å²) < 4.78 is 10.5. The summed E-state index contributed by atoms with van der Waals surface area (Å²) in [7, 11) is 0. The van der Waals surface area contributed by atoms with Gasteiger partial charge in [-0.05, 0) is 31.0 Å². The molecule has 5 nitrogen and oxygen atoms in total. The third-order valence-corrected chi connectivity index (χ3v) is 6.01. The fraction of sp³-hybridized carbons (Fsp3) is 0.208. The van der Waals surface area contributed by atoms with E-state index in [-0.39, 0.29) is 13.2 Å². The van der Waals surface area contributed by atoms with Gasteiger partial charge in [-0.1, -0.05) is 48.5 Å². The number of nitrogens with zero attached hydrogens (tertiary/aromatic N) is 1. The second-order valence-corrected chi connectivity index (χ2v) is 7.85. The van der Waals surface area contributed by atoms with Crippen molar-refractivity contribution in [1.29, 1.82) is 0 Å². The number of fused-ring (bicyclic) bond motifs is 1. The molecular weight excluding hydrogens is 398 g/mol. The number of cyclic esters (lactones) is 1. The van der Waals surface area contributed by atoms with Crippen molar-refractivity contribution in [3.05, 3.63) is 82.7 Å². The highest BCUT2D eigenvalue weighted by atomic mass is 32.2. The molecule has 0 amide bonds. The molecule has 0 aliphatic carbocycles. The summed E-state index contributed by atoms with van der Waals surface area (Å²) >= 11 is 1.66. The number of benzene rings is 2. The van der Waals surface area contributed by atoms with Gasteiger partial charge in [-0.15, -0.1) is 11.8 Å². The van der Waals surface area contributed by atoms with Gasteiger partial charge in [-0.2, -0.15) is 0 Å². The maximum atomic E-state index is 12.8. The largest absolute Gasteiger partial charge is 0.462 e. The highest BCUT2D eigenvalue weighted by Gasteiger charge is 2.33. The molecule has 0 atom stereocenters. The SMILES string of the molecule is CCOC(=O)c1c(C)nc2c(c1-c1ccccc1SCc1ccccc1)C(=O)OC2. The van der Waals surface area contributed by atoms with Crippen LogP contribution in [0.5, 0.6) is 0 Å². The molecular formula is C24H21NO4S. The van der Waals surface area contributed by atoms with E-state index in [1.54, 1.807) is 25.6 Å². The number of esters is 2. The van der Waals surface area contributed by atoms with Crippen LogP contribution in [0.2, 0.25) is 0 Å². The normalized spacial score (nSPS) is 12.4. The Morgan fingerprint density at radius 1 is 1.10 bits per heavy atom. The topological polar surface area (TPSA) is 65.5 Å². The molecule has 0 spiro atoms. The van der Waals surface area contributed by atoms with Crippen LogP contribution in [0.1, 0.15) is 44.6 Å². The Hall–Kier alpha value is -3.12.